The number of hydrogen-bond donors (Lipinski definition) is 0. The predicted octanol–water partition coefficient (Wildman–Crippen LogP) is 6.94. The molecular formula is C25H30F3NO2. The van der Waals surface area contributed by atoms with Crippen molar-refractivity contribution in [1.29, 1.82) is 5.26 Å². The number of alkyl halides is 3. The van der Waals surface area contributed by atoms with E-state index in [2.05, 4.69) is 0 Å². The van der Waals surface area contributed by atoms with Crippen LogP contribution in [-0.4, -0.2) is 12.1 Å². The molecule has 2 fully saturated rings. The first-order valence-corrected chi connectivity index (χ1v) is 11.3. The molecule has 31 heavy (non-hydrogen) atoms. The third-order valence-corrected chi connectivity index (χ3v) is 6.78. The van der Waals surface area contributed by atoms with Crippen molar-refractivity contribution >= 4 is 5.97 Å². The van der Waals surface area contributed by atoms with E-state index in [0.717, 1.165) is 81.9 Å². The molecule has 0 radical (unpaired) electrons. The summed E-state index contributed by atoms with van der Waals surface area (Å²) in [4.78, 5) is 12.6. The Labute approximate surface area is 182 Å². The van der Waals surface area contributed by atoms with Crippen molar-refractivity contribution < 1.29 is 22.7 Å². The zero-order chi connectivity index (χ0) is 22.3. The van der Waals surface area contributed by atoms with Crippen LogP contribution in [0, 0.1) is 23.2 Å². The van der Waals surface area contributed by atoms with Crippen LogP contribution in [0.2, 0.25) is 0 Å². The lowest BCUT2D eigenvalue weighted by Gasteiger charge is -2.31. The van der Waals surface area contributed by atoms with Gasteiger partial charge in [0.15, 0.2) is 0 Å². The Bertz CT molecular complexity index is 778. The van der Waals surface area contributed by atoms with Gasteiger partial charge in [0.05, 0.1) is 17.6 Å². The molecule has 3 nitrogen and oxygen atoms in total. The molecule has 0 unspecified atom stereocenters. The summed E-state index contributed by atoms with van der Waals surface area (Å²) in [7, 11) is 0. The second-order valence-electron chi connectivity index (χ2n) is 8.86. The maximum absolute atomic E-state index is 12.7. The number of allylic oxidation sites excluding steroid dienone is 2. The van der Waals surface area contributed by atoms with Crippen molar-refractivity contribution in [1.82, 2.24) is 0 Å². The highest BCUT2D eigenvalue weighted by molar-refractivity contribution is 5.72. The van der Waals surface area contributed by atoms with Gasteiger partial charge >= 0.3 is 12.1 Å². The van der Waals surface area contributed by atoms with Crippen LogP contribution in [0.4, 0.5) is 13.2 Å². The average Bonchev–Trinajstić information content (AvgIpc) is 2.77. The maximum atomic E-state index is 12.7. The lowest BCUT2D eigenvalue weighted by Crippen LogP contribution is -2.29. The summed E-state index contributed by atoms with van der Waals surface area (Å²) in [6.45, 7) is 0. The molecular weight excluding hydrogens is 403 g/mol. The zero-order valence-electron chi connectivity index (χ0n) is 17.7. The van der Waals surface area contributed by atoms with Crippen molar-refractivity contribution in [3.05, 3.63) is 47.5 Å². The summed E-state index contributed by atoms with van der Waals surface area (Å²) in [6.07, 6.45) is 7.99. The molecule has 0 amide bonds. The minimum atomic E-state index is -4.31. The molecule has 3 rings (SSSR count). The number of carbonyl (C=O) groups excluding carboxylic acids is 1. The first-order chi connectivity index (χ1) is 14.9. The molecule has 2 aliphatic rings. The number of nitrogens with zero attached hydrogens (tertiary/aromatic N) is 1. The number of ether oxygens (including phenoxy) is 1. The molecule has 1 aromatic rings. The Morgan fingerprint density at radius 3 is 2.26 bits per heavy atom. The smallest absolute Gasteiger partial charge is 0.416 e. The Morgan fingerprint density at radius 1 is 1.03 bits per heavy atom. The van der Waals surface area contributed by atoms with Crippen LogP contribution in [0.25, 0.3) is 0 Å². The quantitative estimate of drug-likeness (QED) is 0.361. The summed E-state index contributed by atoms with van der Waals surface area (Å²) >= 11 is 0. The minimum absolute atomic E-state index is 0.0152. The van der Waals surface area contributed by atoms with Crippen LogP contribution in [-0.2, 0) is 15.7 Å². The molecule has 0 N–H and O–H groups in total. The third-order valence-electron chi connectivity index (χ3n) is 6.78. The molecule has 6 heteroatoms. The zero-order valence-corrected chi connectivity index (χ0v) is 17.7. The van der Waals surface area contributed by atoms with E-state index in [-0.39, 0.29) is 23.9 Å². The summed E-state index contributed by atoms with van der Waals surface area (Å²) in [5, 5.41) is 8.52. The van der Waals surface area contributed by atoms with Gasteiger partial charge in [0, 0.05) is 6.08 Å². The molecule has 1 aromatic carbocycles. The Balaban J connectivity index is 1.38. The number of nitriles is 1. The second kappa shape index (κ2) is 10.8. The van der Waals surface area contributed by atoms with Gasteiger partial charge in [0.2, 0.25) is 0 Å². The van der Waals surface area contributed by atoms with Crippen LogP contribution >= 0.6 is 0 Å². The van der Waals surface area contributed by atoms with E-state index in [1.807, 2.05) is 12.1 Å². The van der Waals surface area contributed by atoms with Crippen LogP contribution in [0.15, 0.2) is 36.4 Å². The lowest BCUT2D eigenvalue weighted by molar-refractivity contribution is -0.157. The third kappa shape index (κ3) is 6.85. The number of hydrogen-bond acceptors (Lipinski definition) is 3. The fourth-order valence-electron chi connectivity index (χ4n) is 4.87. The van der Waals surface area contributed by atoms with E-state index in [1.165, 1.54) is 6.08 Å². The van der Waals surface area contributed by atoms with Crippen LogP contribution < -0.4 is 0 Å². The van der Waals surface area contributed by atoms with Crippen molar-refractivity contribution in [2.75, 3.05) is 0 Å². The van der Waals surface area contributed by atoms with Gasteiger partial charge in [-0.05, 0) is 93.7 Å². The highest BCUT2D eigenvalue weighted by atomic mass is 19.4. The largest absolute Gasteiger partial charge is 0.462 e. The summed E-state index contributed by atoms with van der Waals surface area (Å²) < 4.78 is 44.0. The SMILES string of the molecule is N#CC=CCCC1CCC(C(=O)OC2CCC(c3ccc(C(F)(F)F)cc3)CC2)CC1. The van der Waals surface area contributed by atoms with E-state index >= 15 is 0 Å². The molecule has 2 aliphatic carbocycles. The maximum Gasteiger partial charge on any atom is 0.416 e. The van der Waals surface area contributed by atoms with Gasteiger partial charge in [0.1, 0.15) is 6.10 Å². The number of halogens is 3. The Morgan fingerprint density at radius 2 is 1.68 bits per heavy atom. The first kappa shape index (κ1) is 23.4. The van der Waals surface area contributed by atoms with Gasteiger partial charge in [-0.15, -0.1) is 0 Å². The fraction of sp³-hybridized carbons (Fsp3) is 0.600. The van der Waals surface area contributed by atoms with Crippen LogP contribution in [0.1, 0.15) is 81.3 Å². The van der Waals surface area contributed by atoms with E-state index < -0.39 is 11.7 Å². The fourth-order valence-corrected chi connectivity index (χ4v) is 4.87. The minimum Gasteiger partial charge on any atom is -0.462 e. The van der Waals surface area contributed by atoms with E-state index in [4.69, 9.17) is 10.00 Å². The lowest BCUT2D eigenvalue weighted by atomic mass is 9.79. The van der Waals surface area contributed by atoms with E-state index in [1.54, 1.807) is 12.1 Å². The predicted molar refractivity (Wildman–Crippen MR) is 112 cm³/mol. The van der Waals surface area contributed by atoms with Gasteiger partial charge in [-0.1, -0.05) is 18.2 Å². The molecule has 168 valence electrons. The van der Waals surface area contributed by atoms with Crippen molar-refractivity contribution in [3.8, 4) is 6.07 Å². The van der Waals surface area contributed by atoms with Crippen LogP contribution in [0.5, 0.6) is 0 Å². The molecule has 0 spiro atoms. The Kier molecular flexibility index (Phi) is 8.17. The molecule has 0 heterocycles. The molecule has 0 bridgehead atoms. The molecule has 0 saturated heterocycles. The van der Waals surface area contributed by atoms with Crippen LogP contribution in [0.3, 0.4) is 0 Å². The molecule has 0 atom stereocenters. The average molecular weight is 434 g/mol. The highest BCUT2D eigenvalue weighted by Gasteiger charge is 2.32. The number of carbonyl (C=O) groups is 1. The number of esters is 1. The number of rotatable bonds is 6. The van der Waals surface area contributed by atoms with E-state index in [9.17, 15) is 18.0 Å². The standard InChI is InChI=1S/C25H30F3NO2/c26-25(27,28)22-13-9-19(10-14-22)20-11-15-23(16-12-20)31-24(30)21-7-5-18(6-8-21)4-2-1-3-17-29/h1,3,9-10,13-14,18,20-21,23H,2,4-8,11-12,15-16H2. The summed E-state index contributed by atoms with van der Waals surface area (Å²) in [5.41, 5.74) is 0.313. The summed E-state index contributed by atoms with van der Waals surface area (Å²) in [5.74, 6) is 0.744. The summed E-state index contributed by atoms with van der Waals surface area (Å²) in [6, 6.07) is 7.46. The first-order valence-electron chi connectivity index (χ1n) is 11.3. The topological polar surface area (TPSA) is 50.1 Å². The molecule has 2 saturated carbocycles. The molecule has 0 aromatic heterocycles. The van der Waals surface area contributed by atoms with E-state index in [0.29, 0.717) is 5.92 Å². The molecule has 0 aliphatic heterocycles. The van der Waals surface area contributed by atoms with Gasteiger partial charge in [-0.25, -0.2) is 0 Å². The van der Waals surface area contributed by atoms with Gasteiger partial charge < -0.3 is 4.74 Å². The van der Waals surface area contributed by atoms with Crippen molar-refractivity contribution in [2.45, 2.75) is 82.4 Å². The highest BCUT2D eigenvalue weighted by Crippen LogP contribution is 2.37. The van der Waals surface area contributed by atoms with Gasteiger partial charge in [-0.2, -0.15) is 18.4 Å². The normalized spacial score (nSPS) is 27.0. The van der Waals surface area contributed by atoms with Crippen molar-refractivity contribution in [2.24, 2.45) is 11.8 Å². The monoisotopic (exact) mass is 433 g/mol. The van der Waals surface area contributed by atoms with Crippen molar-refractivity contribution in [3.63, 3.8) is 0 Å². The van der Waals surface area contributed by atoms with Gasteiger partial charge in [0.25, 0.3) is 0 Å². The second-order valence-corrected chi connectivity index (χ2v) is 8.86. The van der Waals surface area contributed by atoms with Gasteiger partial charge in [-0.3, -0.25) is 4.79 Å². The Hall–Kier alpha value is -2.29. The number of benzene rings is 1.